The maximum atomic E-state index is 11.7. The molecule has 0 amide bonds. The molecule has 0 aliphatic rings. The Morgan fingerprint density at radius 2 is 1.30 bits per heavy atom. The number of rotatable bonds is 28. The number of hydrogen-bond donors (Lipinski definition) is 2. The Balaban J connectivity index is 4.77. The summed E-state index contributed by atoms with van der Waals surface area (Å²) >= 11 is 1.88. The summed E-state index contributed by atoms with van der Waals surface area (Å²) in [6.07, 6.45) is 20.1. The van der Waals surface area contributed by atoms with E-state index >= 15 is 0 Å². The standard InChI is InChI=1S/C29H57O6PS/c1-5-8-10-12-14-15-16-17-19-21-24-37-26(22-20-18-13-11-9-6-2)25(4)35-28(34-23-7-3)29(32,36-33)27(30)31/h25-26,28,32H,5-24H2,1-4H3,(H,30,31). The van der Waals surface area contributed by atoms with Crippen molar-refractivity contribution in [3.8, 4) is 0 Å². The number of aliphatic hydroxyl groups is 1. The smallest absolute Gasteiger partial charge is 0.353 e. The molecule has 37 heavy (non-hydrogen) atoms. The van der Waals surface area contributed by atoms with Crippen molar-refractivity contribution in [2.24, 2.45) is 0 Å². The number of hydrogen-bond acceptors (Lipinski definition) is 6. The summed E-state index contributed by atoms with van der Waals surface area (Å²) in [4.78, 5) is 11.7. The fraction of sp³-hybridized carbons (Fsp3) is 0.966. The Kier molecular flexibility index (Phi) is 24.7. The number of unbranched alkanes of at least 4 members (excludes halogenated alkanes) is 14. The lowest BCUT2D eigenvalue weighted by molar-refractivity contribution is -0.230. The minimum absolute atomic E-state index is 0.166. The van der Waals surface area contributed by atoms with E-state index in [9.17, 15) is 19.6 Å². The van der Waals surface area contributed by atoms with Gasteiger partial charge in [-0.2, -0.15) is 11.8 Å². The molecule has 2 N–H and O–H groups in total. The van der Waals surface area contributed by atoms with Crippen molar-refractivity contribution in [2.75, 3.05) is 12.4 Å². The van der Waals surface area contributed by atoms with E-state index in [0.29, 0.717) is 6.42 Å². The van der Waals surface area contributed by atoms with Crippen LogP contribution in [0.5, 0.6) is 0 Å². The lowest BCUT2D eigenvalue weighted by atomic mass is 10.1. The van der Waals surface area contributed by atoms with Crippen LogP contribution in [-0.4, -0.2) is 51.5 Å². The van der Waals surface area contributed by atoms with E-state index in [1.54, 1.807) is 0 Å². The fourth-order valence-corrected chi connectivity index (χ4v) is 5.99. The predicted octanol–water partition coefficient (Wildman–Crippen LogP) is 8.98. The third-order valence-electron chi connectivity index (χ3n) is 6.79. The quantitative estimate of drug-likeness (QED) is 0.0556. The van der Waals surface area contributed by atoms with Gasteiger partial charge in [0.15, 0.2) is 0 Å². The summed E-state index contributed by atoms with van der Waals surface area (Å²) in [6.45, 7) is 8.49. The van der Waals surface area contributed by atoms with Gasteiger partial charge in [-0.05, 0) is 31.9 Å². The van der Waals surface area contributed by atoms with Crippen LogP contribution in [0, 0.1) is 0 Å². The zero-order chi connectivity index (χ0) is 27.8. The Bertz CT molecular complexity index is 552. The minimum Gasteiger partial charge on any atom is -0.478 e. The second-order valence-electron chi connectivity index (χ2n) is 10.3. The van der Waals surface area contributed by atoms with E-state index < -0.39 is 26.1 Å². The lowest BCUT2D eigenvalue weighted by Crippen LogP contribution is -2.50. The van der Waals surface area contributed by atoms with E-state index in [-0.39, 0.29) is 18.0 Å². The highest BCUT2D eigenvalue weighted by Gasteiger charge is 2.49. The first-order valence-electron chi connectivity index (χ1n) is 15.1. The first-order chi connectivity index (χ1) is 17.9. The summed E-state index contributed by atoms with van der Waals surface area (Å²) in [5.41, 5.74) is 0. The van der Waals surface area contributed by atoms with Crippen molar-refractivity contribution in [1.82, 2.24) is 0 Å². The molecular formula is C29H57O6PS. The van der Waals surface area contributed by atoms with Crippen molar-refractivity contribution in [2.45, 2.75) is 166 Å². The van der Waals surface area contributed by atoms with E-state index in [1.165, 1.54) is 89.9 Å². The van der Waals surface area contributed by atoms with Gasteiger partial charge in [-0.1, -0.05) is 117 Å². The van der Waals surface area contributed by atoms with Crippen molar-refractivity contribution in [1.29, 1.82) is 0 Å². The van der Waals surface area contributed by atoms with Crippen LogP contribution in [0.2, 0.25) is 0 Å². The van der Waals surface area contributed by atoms with E-state index in [0.717, 1.165) is 25.0 Å². The van der Waals surface area contributed by atoms with Crippen molar-refractivity contribution in [3.05, 3.63) is 0 Å². The first kappa shape index (κ1) is 36.8. The zero-order valence-electron chi connectivity index (χ0n) is 24.3. The second-order valence-corrected chi connectivity index (χ2v) is 12.5. The van der Waals surface area contributed by atoms with Crippen LogP contribution in [-0.2, 0) is 18.8 Å². The molecule has 0 spiro atoms. The average molecular weight is 565 g/mol. The Morgan fingerprint density at radius 1 is 0.811 bits per heavy atom. The third kappa shape index (κ3) is 17.9. The number of thioether (sulfide) groups is 1. The molecule has 4 atom stereocenters. The summed E-state index contributed by atoms with van der Waals surface area (Å²) in [5, 5.41) is 17.5. The molecule has 0 rings (SSSR count). The molecule has 4 unspecified atom stereocenters. The van der Waals surface area contributed by atoms with Crippen LogP contribution in [0.4, 0.5) is 0 Å². The van der Waals surface area contributed by atoms with Gasteiger partial charge < -0.3 is 19.7 Å². The molecule has 6 nitrogen and oxygen atoms in total. The van der Waals surface area contributed by atoms with Crippen LogP contribution in [0.25, 0.3) is 0 Å². The number of aliphatic carboxylic acids is 1. The van der Waals surface area contributed by atoms with Crippen molar-refractivity contribution in [3.63, 3.8) is 0 Å². The molecule has 0 aromatic rings. The van der Waals surface area contributed by atoms with Gasteiger partial charge in [0.25, 0.3) is 5.34 Å². The van der Waals surface area contributed by atoms with Crippen molar-refractivity contribution >= 4 is 26.2 Å². The van der Waals surface area contributed by atoms with Crippen LogP contribution in [0.1, 0.15) is 143 Å². The van der Waals surface area contributed by atoms with Crippen LogP contribution in [0.15, 0.2) is 0 Å². The summed E-state index contributed by atoms with van der Waals surface area (Å²) in [6, 6.07) is 0. The molecule has 0 heterocycles. The molecule has 220 valence electrons. The van der Waals surface area contributed by atoms with Gasteiger partial charge >= 0.3 is 5.97 Å². The molecular weight excluding hydrogens is 507 g/mol. The number of ether oxygens (including phenoxy) is 2. The highest BCUT2D eigenvalue weighted by atomic mass is 32.2. The highest BCUT2D eigenvalue weighted by molar-refractivity contribution is 7.99. The maximum absolute atomic E-state index is 11.7. The Hall–Kier alpha value is -0.200. The summed E-state index contributed by atoms with van der Waals surface area (Å²) < 4.78 is 23.1. The van der Waals surface area contributed by atoms with Crippen LogP contribution >= 0.6 is 20.2 Å². The SMILES string of the molecule is CCCCCCCCCCCCSC(CCCCCCCC)C(C)OC(OCCC)C(O)(P=O)C(=O)O. The lowest BCUT2D eigenvalue weighted by Gasteiger charge is -2.32. The van der Waals surface area contributed by atoms with Gasteiger partial charge in [0.2, 0.25) is 14.8 Å². The maximum Gasteiger partial charge on any atom is 0.353 e. The van der Waals surface area contributed by atoms with E-state index in [2.05, 4.69) is 13.8 Å². The average Bonchev–Trinajstić information content (AvgIpc) is 2.89. The van der Waals surface area contributed by atoms with Gasteiger partial charge in [0.05, 0.1) is 6.10 Å². The van der Waals surface area contributed by atoms with Gasteiger partial charge in [0, 0.05) is 11.9 Å². The molecule has 8 heteroatoms. The van der Waals surface area contributed by atoms with Gasteiger partial charge in [-0.25, -0.2) is 4.79 Å². The second kappa shape index (κ2) is 24.8. The zero-order valence-corrected chi connectivity index (χ0v) is 26.0. The Labute approximate surface area is 233 Å². The molecule has 0 aromatic heterocycles. The molecule has 0 fully saturated rings. The molecule has 0 saturated heterocycles. The largest absolute Gasteiger partial charge is 0.478 e. The molecule has 0 aliphatic carbocycles. The first-order valence-corrected chi connectivity index (χ1v) is 16.9. The van der Waals surface area contributed by atoms with E-state index in [4.69, 9.17) is 9.47 Å². The minimum atomic E-state index is -2.62. The van der Waals surface area contributed by atoms with Gasteiger partial charge in [-0.15, -0.1) is 0 Å². The van der Waals surface area contributed by atoms with Gasteiger partial charge in [-0.3, -0.25) is 4.57 Å². The molecule has 0 bridgehead atoms. The summed E-state index contributed by atoms with van der Waals surface area (Å²) in [7, 11) is -0.938. The third-order valence-corrected chi connectivity index (χ3v) is 9.04. The highest BCUT2D eigenvalue weighted by Crippen LogP contribution is 2.32. The monoisotopic (exact) mass is 564 g/mol. The van der Waals surface area contributed by atoms with Gasteiger partial charge in [0.1, 0.15) is 0 Å². The molecule has 0 aromatic carbocycles. The molecule has 0 radical (unpaired) electrons. The molecule has 0 saturated carbocycles. The normalized spacial score (nSPS) is 15.9. The van der Waals surface area contributed by atoms with Crippen molar-refractivity contribution < 1.29 is 29.0 Å². The number of carboxylic acid groups (broad SMARTS) is 1. The number of carbonyl (C=O) groups is 1. The molecule has 0 aliphatic heterocycles. The topological polar surface area (TPSA) is 93.1 Å². The summed E-state index contributed by atoms with van der Waals surface area (Å²) in [5.74, 6) is -0.572. The van der Waals surface area contributed by atoms with Crippen LogP contribution < -0.4 is 0 Å². The Morgan fingerprint density at radius 3 is 1.76 bits per heavy atom. The van der Waals surface area contributed by atoms with Crippen LogP contribution in [0.3, 0.4) is 0 Å². The fourth-order valence-electron chi connectivity index (χ4n) is 4.34. The van der Waals surface area contributed by atoms with E-state index in [1.807, 2.05) is 25.6 Å². The predicted molar refractivity (Wildman–Crippen MR) is 157 cm³/mol. The number of carboxylic acids is 1.